The van der Waals surface area contributed by atoms with Gasteiger partial charge in [0.15, 0.2) is 0 Å². The summed E-state index contributed by atoms with van der Waals surface area (Å²) in [4.78, 5) is 11.9. The first-order valence-electron chi connectivity index (χ1n) is 7.45. The molecule has 1 atom stereocenters. The van der Waals surface area contributed by atoms with Gasteiger partial charge in [0.25, 0.3) is 0 Å². The van der Waals surface area contributed by atoms with E-state index in [1.54, 1.807) is 12.2 Å². The van der Waals surface area contributed by atoms with Crippen molar-refractivity contribution in [2.75, 3.05) is 6.61 Å². The fourth-order valence-electron chi connectivity index (χ4n) is 2.10. The fourth-order valence-corrected chi connectivity index (χ4v) is 2.10. The third kappa shape index (κ3) is 4.77. The van der Waals surface area contributed by atoms with Gasteiger partial charge in [-0.1, -0.05) is 42.5 Å². The van der Waals surface area contributed by atoms with Crippen molar-refractivity contribution >= 4 is 12.0 Å². The third-order valence-electron chi connectivity index (χ3n) is 3.28. The molecule has 0 fully saturated rings. The van der Waals surface area contributed by atoms with Gasteiger partial charge in [-0.05, 0) is 43.2 Å². The Labute approximate surface area is 131 Å². The molecule has 22 heavy (non-hydrogen) atoms. The molecular weight excluding hydrogens is 274 g/mol. The molecule has 0 saturated heterocycles. The Hall–Kier alpha value is -2.55. The van der Waals surface area contributed by atoms with Gasteiger partial charge in [0.05, 0.1) is 12.6 Å². The summed E-state index contributed by atoms with van der Waals surface area (Å²) in [6.45, 7) is 4.57. The van der Waals surface area contributed by atoms with Crippen molar-refractivity contribution in [2.24, 2.45) is 0 Å². The van der Waals surface area contributed by atoms with Crippen molar-refractivity contribution in [1.29, 1.82) is 0 Å². The van der Waals surface area contributed by atoms with Gasteiger partial charge in [0.1, 0.15) is 5.75 Å². The van der Waals surface area contributed by atoms with E-state index in [1.807, 2.05) is 68.4 Å². The lowest BCUT2D eigenvalue weighted by Crippen LogP contribution is -2.24. The Morgan fingerprint density at radius 1 is 1.14 bits per heavy atom. The molecule has 0 aromatic heterocycles. The highest BCUT2D eigenvalue weighted by Gasteiger charge is 2.06. The number of carbonyl (C=O) groups is 1. The van der Waals surface area contributed by atoms with Crippen LogP contribution in [0, 0.1) is 0 Å². The number of rotatable bonds is 6. The lowest BCUT2D eigenvalue weighted by molar-refractivity contribution is -0.117. The zero-order valence-electron chi connectivity index (χ0n) is 13.0. The van der Waals surface area contributed by atoms with Crippen molar-refractivity contribution < 1.29 is 9.53 Å². The lowest BCUT2D eigenvalue weighted by Gasteiger charge is -2.12. The van der Waals surface area contributed by atoms with Crippen molar-refractivity contribution in [2.45, 2.75) is 19.9 Å². The second kappa shape index (κ2) is 8.03. The Bertz CT molecular complexity index is 618. The quantitative estimate of drug-likeness (QED) is 0.819. The van der Waals surface area contributed by atoms with Gasteiger partial charge in [0.2, 0.25) is 5.91 Å². The van der Waals surface area contributed by atoms with E-state index in [4.69, 9.17) is 4.74 Å². The first-order valence-corrected chi connectivity index (χ1v) is 7.45. The number of hydrogen-bond donors (Lipinski definition) is 1. The molecule has 2 aromatic carbocycles. The van der Waals surface area contributed by atoms with Crippen molar-refractivity contribution in [3.05, 3.63) is 71.8 Å². The number of hydrogen-bond acceptors (Lipinski definition) is 2. The van der Waals surface area contributed by atoms with Gasteiger partial charge in [-0.3, -0.25) is 4.79 Å². The number of nitrogens with one attached hydrogen (secondary N) is 1. The van der Waals surface area contributed by atoms with Gasteiger partial charge in [-0.25, -0.2) is 0 Å². The number of amides is 1. The second-order valence-electron chi connectivity index (χ2n) is 4.98. The molecular formula is C19H21NO2. The largest absolute Gasteiger partial charge is 0.494 e. The van der Waals surface area contributed by atoms with Crippen molar-refractivity contribution in [1.82, 2.24) is 5.32 Å². The molecule has 0 unspecified atom stereocenters. The van der Waals surface area contributed by atoms with Gasteiger partial charge in [0, 0.05) is 6.08 Å². The molecule has 0 radical (unpaired) electrons. The Morgan fingerprint density at radius 3 is 2.45 bits per heavy atom. The van der Waals surface area contributed by atoms with Crippen molar-refractivity contribution in [3.63, 3.8) is 0 Å². The first-order chi connectivity index (χ1) is 10.7. The summed E-state index contributed by atoms with van der Waals surface area (Å²) >= 11 is 0. The maximum absolute atomic E-state index is 11.9. The summed E-state index contributed by atoms with van der Waals surface area (Å²) in [6.07, 6.45) is 3.35. The van der Waals surface area contributed by atoms with E-state index < -0.39 is 0 Å². The molecule has 3 heteroatoms. The van der Waals surface area contributed by atoms with E-state index in [0.717, 1.165) is 16.9 Å². The normalized spacial score (nSPS) is 12.1. The summed E-state index contributed by atoms with van der Waals surface area (Å²) in [6, 6.07) is 17.5. The van der Waals surface area contributed by atoms with Crippen LogP contribution >= 0.6 is 0 Å². The van der Waals surface area contributed by atoms with Crippen LogP contribution in [0.5, 0.6) is 5.75 Å². The number of carbonyl (C=O) groups excluding carboxylic acids is 1. The monoisotopic (exact) mass is 295 g/mol. The summed E-state index contributed by atoms with van der Waals surface area (Å²) in [5.74, 6) is 0.729. The average molecular weight is 295 g/mol. The van der Waals surface area contributed by atoms with Crippen LogP contribution in [0.4, 0.5) is 0 Å². The van der Waals surface area contributed by atoms with Crippen LogP contribution in [0.25, 0.3) is 6.08 Å². The van der Waals surface area contributed by atoms with Gasteiger partial charge in [-0.15, -0.1) is 0 Å². The Kier molecular flexibility index (Phi) is 5.78. The summed E-state index contributed by atoms with van der Waals surface area (Å²) in [5.41, 5.74) is 2.05. The van der Waals surface area contributed by atoms with E-state index in [9.17, 15) is 4.79 Å². The minimum atomic E-state index is -0.106. The summed E-state index contributed by atoms with van der Waals surface area (Å²) < 4.78 is 5.38. The number of benzene rings is 2. The molecule has 114 valence electrons. The molecule has 2 aromatic rings. The van der Waals surface area contributed by atoms with Gasteiger partial charge >= 0.3 is 0 Å². The van der Waals surface area contributed by atoms with Gasteiger partial charge < -0.3 is 10.1 Å². The van der Waals surface area contributed by atoms with Crippen LogP contribution in [-0.2, 0) is 4.79 Å². The smallest absolute Gasteiger partial charge is 0.244 e. The van der Waals surface area contributed by atoms with Crippen LogP contribution in [0.1, 0.15) is 31.0 Å². The van der Waals surface area contributed by atoms with E-state index in [1.165, 1.54) is 0 Å². The number of ether oxygens (including phenoxy) is 1. The SMILES string of the molecule is CCOc1ccc(/C=C/C(=O)N[C@H](C)c2ccccc2)cc1. The third-order valence-corrected chi connectivity index (χ3v) is 3.28. The molecule has 0 heterocycles. The molecule has 1 amide bonds. The van der Waals surface area contributed by atoms with Crippen LogP contribution in [0.15, 0.2) is 60.7 Å². The minimum absolute atomic E-state index is 0.0151. The molecule has 0 aliphatic rings. The van der Waals surface area contributed by atoms with Crippen LogP contribution in [-0.4, -0.2) is 12.5 Å². The molecule has 2 rings (SSSR count). The van der Waals surface area contributed by atoms with E-state index >= 15 is 0 Å². The molecule has 0 saturated carbocycles. The molecule has 3 nitrogen and oxygen atoms in total. The molecule has 0 spiro atoms. The predicted octanol–water partition coefficient (Wildman–Crippen LogP) is 3.98. The van der Waals surface area contributed by atoms with Gasteiger partial charge in [-0.2, -0.15) is 0 Å². The second-order valence-corrected chi connectivity index (χ2v) is 4.98. The predicted molar refractivity (Wildman–Crippen MR) is 89.6 cm³/mol. The highest BCUT2D eigenvalue weighted by atomic mass is 16.5. The van der Waals surface area contributed by atoms with E-state index in [0.29, 0.717) is 6.61 Å². The summed E-state index contributed by atoms with van der Waals surface area (Å²) in [5, 5.41) is 2.95. The molecule has 0 bridgehead atoms. The average Bonchev–Trinajstić information content (AvgIpc) is 2.55. The Balaban J connectivity index is 1.91. The zero-order chi connectivity index (χ0) is 15.8. The molecule has 0 aliphatic carbocycles. The lowest BCUT2D eigenvalue weighted by atomic mass is 10.1. The van der Waals surface area contributed by atoms with Crippen LogP contribution in [0.3, 0.4) is 0 Å². The van der Waals surface area contributed by atoms with Crippen molar-refractivity contribution in [3.8, 4) is 5.75 Å². The molecule has 1 N–H and O–H groups in total. The van der Waals surface area contributed by atoms with Crippen LogP contribution in [0.2, 0.25) is 0 Å². The van der Waals surface area contributed by atoms with Crippen LogP contribution < -0.4 is 10.1 Å². The topological polar surface area (TPSA) is 38.3 Å². The zero-order valence-corrected chi connectivity index (χ0v) is 13.0. The standard InChI is InChI=1S/C19H21NO2/c1-3-22-18-12-9-16(10-13-18)11-14-19(21)20-15(2)17-7-5-4-6-8-17/h4-15H,3H2,1-2H3,(H,20,21)/b14-11+/t15-/m1/s1. The maximum Gasteiger partial charge on any atom is 0.244 e. The minimum Gasteiger partial charge on any atom is -0.494 e. The molecule has 0 aliphatic heterocycles. The fraction of sp³-hybridized carbons (Fsp3) is 0.211. The summed E-state index contributed by atoms with van der Waals surface area (Å²) in [7, 11) is 0. The van der Waals surface area contributed by atoms with E-state index in [-0.39, 0.29) is 11.9 Å². The van der Waals surface area contributed by atoms with E-state index in [2.05, 4.69) is 5.32 Å². The maximum atomic E-state index is 11.9. The Morgan fingerprint density at radius 2 is 1.82 bits per heavy atom. The first kappa shape index (κ1) is 15.8. The highest BCUT2D eigenvalue weighted by Crippen LogP contribution is 2.14. The highest BCUT2D eigenvalue weighted by molar-refractivity contribution is 5.91.